The molecular formula is C31H40N4O4. The molecule has 39 heavy (non-hydrogen) atoms. The predicted octanol–water partition coefficient (Wildman–Crippen LogP) is 5.36. The van der Waals surface area contributed by atoms with Crippen LogP contribution < -0.4 is 10.1 Å². The molecule has 4 rings (SSSR count). The van der Waals surface area contributed by atoms with E-state index < -0.39 is 5.60 Å². The van der Waals surface area contributed by atoms with Crippen molar-refractivity contribution in [1.82, 2.24) is 20.1 Å². The molecule has 1 aliphatic heterocycles. The summed E-state index contributed by atoms with van der Waals surface area (Å²) in [6.07, 6.45) is 1.62. The van der Waals surface area contributed by atoms with Gasteiger partial charge in [-0.3, -0.25) is 9.69 Å². The van der Waals surface area contributed by atoms with Crippen molar-refractivity contribution < 1.29 is 19.1 Å². The van der Waals surface area contributed by atoms with Crippen LogP contribution >= 0.6 is 0 Å². The summed E-state index contributed by atoms with van der Waals surface area (Å²) in [5, 5.41) is 3.94. The highest BCUT2D eigenvalue weighted by Gasteiger charge is 2.25. The number of piperazine rings is 1. The first-order valence-electron chi connectivity index (χ1n) is 13.8. The van der Waals surface area contributed by atoms with Gasteiger partial charge in [0.1, 0.15) is 11.4 Å². The molecule has 1 aromatic heterocycles. The van der Waals surface area contributed by atoms with Gasteiger partial charge in [-0.2, -0.15) is 0 Å². The lowest BCUT2D eigenvalue weighted by Crippen LogP contribution is -2.50. The minimum atomic E-state index is -0.474. The van der Waals surface area contributed by atoms with Crippen LogP contribution in [-0.2, 0) is 4.74 Å². The lowest BCUT2D eigenvalue weighted by Gasteiger charge is -2.35. The molecule has 1 aliphatic rings. The van der Waals surface area contributed by atoms with E-state index in [1.54, 1.807) is 4.90 Å². The molecule has 0 unspecified atom stereocenters. The van der Waals surface area contributed by atoms with Gasteiger partial charge in [-0.15, -0.1) is 0 Å². The minimum absolute atomic E-state index is 0.0910. The van der Waals surface area contributed by atoms with E-state index in [-0.39, 0.29) is 12.0 Å². The average molecular weight is 533 g/mol. The summed E-state index contributed by atoms with van der Waals surface area (Å²) in [5.41, 5.74) is 2.64. The molecule has 0 saturated carbocycles. The number of unbranched alkanes of at least 4 members (excludes halogenated alkanes) is 1. The lowest BCUT2D eigenvalue weighted by molar-refractivity contribution is 0.0144. The first kappa shape index (κ1) is 28.4. The number of fused-ring (bicyclic) bond motifs is 1. The Bertz CT molecular complexity index is 1260. The van der Waals surface area contributed by atoms with Gasteiger partial charge in [0.05, 0.1) is 23.4 Å². The van der Waals surface area contributed by atoms with E-state index in [9.17, 15) is 9.59 Å². The summed E-state index contributed by atoms with van der Waals surface area (Å²) >= 11 is 0. The number of ether oxygens (including phenoxy) is 2. The van der Waals surface area contributed by atoms with E-state index in [0.29, 0.717) is 31.8 Å². The molecule has 8 nitrogen and oxygen atoms in total. The van der Waals surface area contributed by atoms with E-state index in [1.807, 2.05) is 82.3 Å². The monoisotopic (exact) mass is 532 g/mol. The number of nitrogens with zero attached hydrogens (tertiary/aromatic N) is 3. The SMILES string of the molecule is CCOc1ccc(-c2cc(C(=O)NCCCCN3CCN(C(=O)OC(C)(C)C)CC3)c3ccccc3n2)cc1. The van der Waals surface area contributed by atoms with Gasteiger partial charge in [-0.25, -0.2) is 9.78 Å². The fourth-order valence-electron chi connectivity index (χ4n) is 4.64. The largest absolute Gasteiger partial charge is 0.494 e. The molecule has 1 saturated heterocycles. The second-order valence-corrected chi connectivity index (χ2v) is 10.8. The third-order valence-electron chi connectivity index (χ3n) is 6.63. The third kappa shape index (κ3) is 7.93. The average Bonchev–Trinajstić information content (AvgIpc) is 2.92. The first-order valence-corrected chi connectivity index (χ1v) is 13.8. The van der Waals surface area contributed by atoms with E-state index in [4.69, 9.17) is 14.5 Å². The number of benzene rings is 2. The summed E-state index contributed by atoms with van der Waals surface area (Å²) in [6.45, 7) is 12.8. The van der Waals surface area contributed by atoms with Crippen LogP contribution in [0.1, 0.15) is 50.9 Å². The molecule has 0 bridgehead atoms. The maximum atomic E-state index is 13.2. The van der Waals surface area contributed by atoms with Crippen LogP contribution in [0.4, 0.5) is 4.79 Å². The third-order valence-corrected chi connectivity index (χ3v) is 6.63. The standard InChI is InChI=1S/C31H40N4O4/c1-5-38-24-14-12-23(13-15-24)28-22-26(25-10-6-7-11-27(25)33-28)29(36)32-16-8-9-17-34-18-20-35(21-19-34)30(37)39-31(2,3)4/h6-7,10-15,22H,5,8-9,16-21H2,1-4H3,(H,32,36). The molecule has 2 heterocycles. The zero-order valence-electron chi connectivity index (χ0n) is 23.5. The summed E-state index contributed by atoms with van der Waals surface area (Å²) in [5.74, 6) is 0.719. The second kappa shape index (κ2) is 12.9. The maximum absolute atomic E-state index is 13.2. The Kier molecular flexibility index (Phi) is 9.41. The predicted molar refractivity (Wildman–Crippen MR) is 154 cm³/mol. The van der Waals surface area contributed by atoms with Crippen molar-refractivity contribution in [3.63, 3.8) is 0 Å². The Morgan fingerprint density at radius 3 is 2.38 bits per heavy atom. The zero-order chi connectivity index (χ0) is 27.8. The summed E-state index contributed by atoms with van der Waals surface area (Å²) in [7, 11) is 0. The molecular weight excluding hydrogens is 492 g/mol. The fraction of sp³-hybridized carbons (Fsp3) is 0.452. The second-order valence-electron chi connectivity index (χ2n) is 10.8. The van der Waals surface area contributed by atoms with Crippen molar-refractivity contribution in [1.29, 1.82) is 0 Å². The van der Waals surface area contributed by atoms with Crippen molar-refractivity contribution in [2.75, 3.05) is 45.9 Å². The van der Waals surface area contributed by atoms with Gasteiger partial charge in [0.25, 0.3) is 5.91 Å². The topological polar surface area (TPSA) is 84.0 Å². The number of rotatable bonds is 9. The summed E-state index contributed by atoms with van der Waals surface area (Å²) in [6, 6.07) is 17.4. The Morgan fingerprint density at radius 2 is 1.69 bits per heavy atom. The van der Waals surface area contributed by atoms with Gasteiger partial charge < -0.3 is 19.7 Å². The van der Waals surface area contributed by atoms with Crippen LogP contribution in [-0.4, -0.2) is 78.3 Å². The Balaban J connectivity index is 1.28. The molecule has 1 fully saturated rings. The van der Waals surface area contributed by atoms with E-state index in [0.717, 1.165) is 60.4 Å². The zero-order valence-corrected chi connectivity index (χ0v) is 23.5. The number of pyridine rings is 1. The number of amides is 2. The number of hydrogen-bond donors (Lipinski definition) is 1. The molecule has 2 aromatic carbocycles. The Hall–Kier alpha value is -3.65. The molecule has 8 heteroatoms. The van der Waals surface area contributed by atoms with Crippen LogP contribution in [0.5, 0.6) is 5.75 Å². The molecule has 3 aromatic rings. The van der Waals surface area contributed by atoms with Gasteiger partial charge in [-0.05, 0) is 83.5 Å². The number of carbonyl (C=O) groups is 2. The number of para-hydroxylation sites is 1. The number of hydrogen-bond acceptors (Lipinski definition) is 6. The highest BCUT2D eigenvalue weighted by atomic mass is 16.6. The lowest BCUT2D eigenvalue weighted by atomic mass is 10.0. The van der Waals surface area contributed by atoms with Crippen molar-refractivity contribution in [2.45, 2.75) is 46.1 Å². The van der Waals surface area contributed by atoms with Crippen molar-refractivity contribution in [2.24, 2.45) is 0 Å². The highest BCUT2D eigenvalue weighted by molar-refractivity contribution is 6.07. The van der Waals surface area contributed by atoms with E-state index in [1.165, 1.54) is 0 Å². The molecule has 0 radical (unpaired) electrons. The minimum Gasteiger partial charge on any atom is -0.494 e. The van der Waals surface area contributed by atoms with Crippen molar-refractivity contribution >= 4 is 22.9 Å². The number of nitrogens with one attached hydrogen (secondary N) is 1. The molecule has 0 spiro atoms. The van der Waals surface area contributed by atoms with E-state index in [2.05, 4.69) is 10.2 Å². The van der Waals surface area contributed by atoms with Crippen LogP contribution in [0.2, 0.25) is 0 Å². The van der Waals surface area contributed by atoms with Crippen molar-refractivity contribution in [3.05, 3.63) is 60.2 Å². The molecule has 208 valence electrons. The number of aromatic nitrogens is 1. The van der Waals surface area contributed by atoms with Crippen LogP contribution in [0.15, 0.2) is 54.6 Å². The Morgan fingerprint density at radius 1 is 0.974 bits per heavy atom. The van der Waals surface area contributed by atoms with Crippen LogP contribution in [0, 0.1) is 0 Å². The molecule has 0 atom stereocenters. The molecule has 1 N–H and O–H groups in total. The maximum Gasteiger partial charge on any atom is 0.410 e. The summed E-state index contributed by atoms with van der Waals surface area (Å²) < 4.78 is 11.0. The first-order chi connectivity index (χ1) is 18.7. The van der Waals surface area contributed by atoms with Gasteiger partial charge in [0.15, 0.2) is 0 Å². The quantitative estimate of drug-likeness (QED) is 0.374. The Labute approximate surface area is 231 Å². The fourth-order valence-corrected chi connectivity index (χ4v) is 4.64. The van der Waals surface area contributed by atoms with Gasteiger partial charge in [0.2, 0.25) is 0 Å². The summed E-state index contributed by atoms with van der Waals surface area (Å²) in [4.78, 5) is 34.4. The molecule has 2 amide bonds. The smallest absolute Gasteiger partial charge is 0.410 e. The van der Waals surface area contributed by atoms with Crippen LogP contribution in [0.25, 0.3) is 22.2 Å². The molecule has 0 aliphatic carbocycles. The normalized spacial score (nSPS) is 14.3. The van der Waals surface area contributed by atoms with Gasteiger partial charge >= 0.3 is 6.09 Å². The highest BCUT2D eigenvalue weighted by Crippen LogP contribution is 2.26. The van der Waals surface area contributed by atoms with Crippen molar-refractivity contribution in [3.8, 4) is 17.0 Å². The van der Waals surface area contributed by atoms with Gasteiger partial charge in [-0.1, -0.05) is 18.2 Å². The van der Waals surface area contributed by atoms with Gasteiger partial charge in [0, 0.05) is 43.7 Å². The van der Waals surface area contributed by atoms with Crippen LogP contribution in [0.3, 0.4) is 0 Å². The van der Waals surface area contributed by atoms with E-state index >= 15 is 0 Å². The number of carbonyl (C=O) groups excluding carboxylic acids is 2.